The molecule has 5 nitrogen and oxygen atoms in total. The lowest BCUT2D eigenvalue weighted by Crippen LogP contribution is -2.35. The Morgan fingerprint density at radius 1 is 1.54 bits per heavy atom. The summed E-state index contributed by atoms with van der Waals surface area (Å²) in [4.78, 5) is 11.1. The Morgan fingerprint density at radius 3 is 2.69 bits per heavy atom. The quantitative estimate of drug-likeness (QED) is 0.741. The molecule has 0 radical (unpaired) electrons. The highest BCUT2D eigenvalue weighted by atomic mass is 32.1. The Bertz CT molecular complexity index is 298. The molecule has 1 heterocycles. The van der Waals surface area contributed by atoms with Gasteiger partial charge < -0.3 is 10.6 Å². The third kappa shape index (κ3) is 2.66. The van der Waals surface area contributed by atoms with Crippen LogP contribution in [0, 0.1) is 6.92 Å². The van der Waals surface area contributed by atoms with Gasteiger partial charge in [-0.05, 0) is 13.8 Å². The van der Waals surface area contributed by atoms with Gasteiger partial charge in [0.1, 0.15) is 11.0 Å². The summed E-state index contributed by atoms with van der Waals surface area (Å²) in [5, 5.41) is 14.7. The van der Waals surface area contributed by atoms with Gasteiger partial charge in [0.2, 0.25) is 11.0 Å². The number of nitrogens with one attached hydrogen (secondary N) is 2. The molecule has 0 fully saturated rings. The van der Waals surface area contributed by atoms with E-state index in [-0.39, 0.29) is 11.9 Å². The summed E-state index contributed by atoms with van der Waals surface area (Å²) in [6.07, 6.45) is 0. The van der Waals surface area contributed by atoms with Crippen LogP contribution in [0.5, 0.6) is 0 Å². The first-order valence-corrected chi connectivity index (χ1v) is 4.73. The second kappa shape index (κ2) is 4.18. The monoisotopic (exact) mass is 200 g/mol. The number of hydrogen-bond donors (Lipinski definition) is 2. The van der Waals surface area contributed by atoms with E-state index < -0.39 is 0 Å². The maximum Gasteiger partial charge on any atom is 0.242 e. The highest BCUT2D eigenvalue weighted by molar-refractivity contribution is 7.15. The van der Waals surface area contributed by atoms with Crippen molar-refractivity contribution in [2.45, 2.75) is 19.9 Å². The largest absolute Gasteiger partial charge is 0.357 e. The van der Waals surface area contributed by atoms with Crippen LogP contribution < -0.4 is 10.6 Å². The van der Waals surface area contributed by atoms with Crippen LogP contribution >= 0.6 is 11.3 Å². The topological polar surface area (TPSA) is 66.9 Å². The molecule has 1 amide bonds. The van der Waals surface area contributed by atoms with E-state index in [1.807, 2.05) is 6.92 Å². The predicted octanol–water partition coefficient (Wildman–Crippen LogP) is 0.393. The van der Waals surface area contributed by atoms with Crippen molar-refractivity contribution >= 4 is 22.4 Å². The Labute approximate surface area is 80.6 Å². The molecular weight excluding hydrogens is 188 g/mol. The number of likely N-dealkylation sites (N-methyl/N-ethyl adjacent to an activating group) is 1. The minimum Gasteiger partial charge on any atom is -0.357 e. The van der Waals surface area contributed by atoms with Gasteiger partial charge in [0.15, 0.2) is 0 Å². The third-order valence-corrected chi connectivity index (χ3v) is 2.28. The molecule has 1 aromatic rings. The average molecular weight is 200 g/mol. The molecule has 6 heteroatoms. The third-order valence-electron chi connectivity index (χ3n) is 1.51. The number of rotatable bonds is 3. The first-order valence-electron chi connectivity index (χ1n) is 3.91. The van der Waals surface area contributed by atoms with Crippen molar-refractivity contribution in [3.8, 4) is 0 Å². The van der Waals surface area contributed by atoms with E-state index in [9.17, 15) is 4.79 Å². The van der Waals surface area contributed by atoms with E-state index in [0.29, 0.717) is 5.13 Å². The van der Waals surface area contributed by atoms with E-state index in [1.54, 1.807) is 14.0 Å². The lowest BCUT2D eigenvalue weighted by atomic mass is 10.3. The van der Waals surface area contributed by atoms with Gasteiger partial charge in [-0.3, -0.25) is 4.79 Å². The Hall–Kier alpha value is -1.17. The zero-order valence-corrected chi connectivity index (χ0v) is 8.60. The van der Waals surface area contributed by atoms with Crippen molar-refractivity contribution in [3.63, 3.8) is 0 Å². The number of nitrogens with zero attached hydrogens (tertiary/aromatic N) is 2. The van der Waals surface area contributed by atoms with Crippen molar-refractivity contribution in [3.05, 3.63) is 5.01 Å². The van der Waals surface area contributed by atoms with Crippen LogP contribution in [0.1, 0.15) is 11.9 Å². The van der Waals surface area contributed by atoms with E-state index in [1.165, 1.54) is 11.3 Å². The molecule has 0 saturated carbocycles. The zero-order valence-electron chi connectivity index (χ0n) is 7.79. The van der Waals surface area contributed by atoms with Crippen LogP contribution in [-0.4, -0.2) is 29.2 Å². The van der Waals surface area contributed by atoms with Crippen molar-refractivity contribution in [1.82, 2.24) is 15.5 Å². The smallest absolute Gasteiger partial charge is 0.242 e. The highest BCUT2D eigenvalue weighted by Gasteiger charge is 2.11. The molecule has 0 saturated heterocycles. The standard InChI is InChI=1S/C7H12N4OS/c1-4(6(12)8-3)9-7-11-10-5(2)13-7/h4H,1-3H3,(H,8,12)(H,9,11)/t4-/m0/s1. The number of aryl methyl sites for hydroxylation is 1. The molecule has 0 unspecified atom stereocenters. The SMILES string of the molecule is CNC(=O)[C@H](C)Nc1nnc(C)s1. The van der Waals surface area contributed by atoms with Gasteiger partial charge in [-0.25, -0.2) is 0 Å². The summed E-state index contributed by atoms with van der Waals surface area (Å²) in [6.45, 7) is 3.64. The fourth-order valence-electron chi connectivity index (χ4n) is 0.822. The molecule has 1 aromatic heterocycles. The van der Waals surface area contributed by atoms with Crippen LogP contribution in [0.3, 0.4) is 0 Å². The second-order valence-electron chi connectivity index (χ2n) is 2.61. The Balaban J connectivity index is 2.54. The predicted molar refractivity (Wildman–Crippen MR) is 51.8 cm³/mol. The summed E-state index contributed by atoms with van der Waals surface area (Å²) >= 11 is 1.43. The summed E-state index contributed by atoms with van der Waals surface area (Å²) in [5.41, 5.74) is 0. The van der Waals surface area contributed by atoms with Gasteiger partial charge in [0.05, 0.1) is 0 Å². The number of carbonyl (C=O) groups excluding carboxylic acids is 1. The highest BCUT2D eigenvalue weighted by Crippen LogP contribution is 2.14. The van der Waals surface area contributed by atoms with Crippen molar-refractivity contribution in [1.29, 1.82) is 0 Å². The molecule has 1 atom stereocenters. The molecule has 0 aliphatic carbocycles. The lowest BCUT2D eigenvalue weighted by molar-refractivity contribution is -0.121. The van der Waals surface area contributed by atoms with Crippen molar-refractivity contribution in [2.24, 2.45) is 0 Å². The zero-order chi connectivity index (χ0) is 9.84. The Kier molecular flexibility index (Phi) is 3.18. The van der Waals surface area contributed by atoms with Gasteiger partial charge in [0.25, 0.3) is 0 Å². The van der Waals surface area contributed by atoms with Gasteiger partial charge in [0, 0.05) is 7.05 Å². The number of hydrogen-bond acceptors (Lipinski definition) is 5. The van der Waals surface area contributed by atoms with Gasteiger partial charge in [-0.2, -0.15) is 0 Å². The van der Waals surface area contributed by atoms with Gasteiger partial charge >= 0.3 is 0 Å². The first-order chi connectivity index (χ1) is 6.13. The molecule has 13 heavy (non-hydrogen) atoms. The molecule has 0 spiro atoms. The number of anilines is 1. The van der Waals surface area contributed by atoms with Gasteiger partial charge in [-0.15, -0.1) is 10.2 Å². The maximum atomic E-state index is 11.1. The summed E-state index contributed by atoms with van der Waals surface area (Å²) in [7, 11) is 1.60. The van der Waals surface area contributed by atoms with Crippen LogP contribution in [0.4, 0.5) is 5.13 Å². The molecule has 0 aliphatic heterocycles. The van der Waals surface area contributed by atoms with E-state index in [0.717, 1.165) is 5.01 Å². The molecular formula is C7H12N4OS. The number of amides is 1. The van der Waals surface area contributed by atoms with Crippen LogP contribution in [-0.2, 0) is 4.79 Å². The lowest BCUT2D eigenvalue weighted by Gasteiger charge is -2.09. The number of aromatic nitrogens is 2. The minimum atomic E-state index is -0.280. The minimum absolute atomic E-state index is 0.0622. The van der Waals surface area contributed by atoms with E-state index in [4.69, 9.17) is 0 Å². The summed E-state index contributed by atoms with van der Waals surface area (Å²) in [6, 6.07) is -0.280. The second-order valence-corrected chi connectivity index (χ2v) is 3.79. The van der Waals surface area contributed by atoms with Crippen LogP contribution in [0.15, 0.2) is 0 Å². The summed E-state index contributed by atoms with van der Waals surface area (Å²) < 4.78 is 0. The van der Waals surface area contributed by atoms with Crippen molar-refractivity contribution < 1.29 is 4.79 Å². The fourth-order valence-corrected chi connectivity index (χ4v) is 1.50. The number of carbonyl (C=O) groups is 1. The van der Waals surface area contributed by atoms with Gasteiger partial charge in [-0.1, -0.05) is 11.3 Å². The van der Waals surface area contributed by atoms with Crippen LogP contribution in [0.25, 0.3) is 0 Å². The summed E-state index contributed by atoms with van der Waals surface area (Å²) in [5.74, 6) is -0.0622. The van der Waals surface area contributed by atoms with E-state index in [2.05, 4.69) is 20.8 Å². The average Bonchev–Trinajstić information content (AvgIpc) is 2.49. The maximum absolute atomic E-state index is 11.1. The Morgan fingerprint density at radius 2 is 2.23 bits per heavy atom. The molecule has 0 aliphatic rings. The molecule has 0 bridgehead atoms. The molecule has 0 aromatic carbocycles. The first kappa shape index (κ1) is 9.91. The molecule has 72 valence electrons. The van der Waals surface area contributed by atoms with Crippen LogP contribution in [0.2, 0.25) is 0 Å². The fraction of sp³-hybridized carbons (Fsp3) is 0.571. The molecule has 2 N–H and O–H groups in total. The van der Waals surface area contributed by atoms with E-state index >= 15 is 0 Å². The molecule has 1 rings (SSSR count). The van der Waals surface area contributed by atoms with Crippen molar-refractivity contribution in [2.75, 3.05) is 12.4 Å². The normalized spacial score (nSPS) is 12.2.